The summed E-state index contributed by atoms with van der Waals surface area (Å²) in [6.07, 6.45) is 1.07. The van der Waals surface area contributed by atoms with Crippen LogP contribution in [0.5, 0.6) is 0 Å². The molecule has 15 heavy (non-hydrogen) atoms. The van der Waals surface area contributed by atoms with Crippen LogP contribution in [0.25, 0.3) is 0 Å². The lowest BCUT2D eigenvalue weighted by molar-refractivity contribution is -0.142. The summed E-state index contributed by atoms with van der Waals surface area (Å²) in [5.74, 6) is -0.576. The van der Waals surface area contributed by atoms with E-state index in [0.717, 1.165) is 19.6 Å². The van der Waals surface area contributed by atoms with E-state index in [0.29, 0.717) is 12.0 Å². The van der Waals surface area contributed by atoms with Crippen LogP contribution in [0.3, 0.4) is 0 Å². The quantitative estimate of drug-likeness (QED) is 0.721. The Hall–Kier alpha value is -0.610. The Balaban J connectivity index is 2.36. The average molecular weight is 215 g/mol. The monoisotopic (exact) mass is 215 g/mol. The molecule has 4 unspecified atom stereocenters. The molecular formula is C11H21NO3. The van der Waals surface area contributed by atoms with E-state index in [2.05, 4.69) is 12.2 Å². The minimum absolute atomic E-state index is 0.00176. The van der Waals surface area contributed by atoms with Crippen LogP contribution in [0.15, 0.2) is 0 Å². The number of aliphatic carboxylic acids is 1. The number of nitrogens with one attached hydrogen (secondary N) is 1. The second-order valence-electron chi connectivity index (χ2n) is 4.49. The predicted molar refractivity (Wildman–Crippen MR) is 57.8 cm³/mol. The second kappa shape index (κ2) is 5.47. The van der Waals surface area contributed by atoms with Crippen molar-refractivity contribution in [2.45, 2.75) is 39.3 Å². The van der Waals surface area contributed by atoms with Crippen molar-refractivity contribution in [3.05, 3.63) is 0 Å². The van der Waals surface area contributed by atoms with Crippen LogP contribution >= 0.6 is 0 Å². The van der Waals surface area contributed by atoms with Crippen LogP contribution in [0.1, 0.15) is 27.2 Å². The summed E-state index contributed by atoms with van der Waals surface area (Å²) in [4.78, 5) is 10.8. The highest BCUT2D eigenvalue weighted by atomic mass is 16.5. The van der Waals surface area contributed by atoms with Gasteiger partial charge in [-0.15, -0.1) is 0 Å². The first-order valence-corrected chi connectivity index (χ1v) is 5.59. The van der Waals surface area contributed by atoms with E-state index in [1.54, 1.807) is 6.92 Å². The average Bonchev–Trinajstić information content (AvgIpc) is 2.68. The summed E-state index contributed by atoms with van der Waals surface area (Å²) in [6.45, 7) is 7.38. The Kier molecular flexibility index (Phi) is 4.54. The van der Waals surface area contributed by atoms with Crippen molar-refractivity contribution < 1.29 is 14.6 Å². The molecule has 4 atom stereocenters. The van der Waals surface area contributed by atoms with Crippen molar-refractivity contribution >= 4 is 5.97 Å². The van der Waals surface area contributed by atoms with Crippen LogP contribution in [0.2, 0.25) is 0 Å². The molecule has 2 N–H and O–H groups in total. The second-order valence-corrected chi connectivity index (χ2v) is 4.49. The zero-order valence-corrected chi connectivity index (χ0v) is 9.69. The highest BCUT2D eigenvalue weighted by molar-refractivity contribution is 5.70. The molecule has 88 valence electrons. The number of carbonyl (C=O) groups is 1. The largest absolute Gasteiger partial charge is 0.481 e. The molecule has 1 fully saturated rings. The zero-order chi connectivity index (χ0) is 11.4. The van der Waals surface area contributed by atoms with Crippen molar-refractivity contribution in [2.75, 3.05) is 13.2 Å². The number of carboxylic acids is 1. The highest BCUT2D eigenvalue weighted by Crippen LogP contribution is 2.17. The van der Waals surface area contributed by atoms with Crippen LogP contribution in [-0.2, 0) is 9.53 Å². The van der Waals surface area contributed by atoms with Gasteiger partial charge in [0, 0.05) is 18.7 Å². The topological polar surface area (TPSA) is 58.6 Å². The van der Waals surface area contributed by atoms with Gasteiger partial charge in [0.25, 0.3) is 0 Å². The SMILES string of the molecule is CC(NC(C)C(C)C(=O)O)C1CCOC1. The predicted octanol–water partition coefficient (Wildman–Crippen LogP) is 1.11. The van der Waals surface area contributed by atoms with Crippen LogP contribution in [0, 0.1) is 11.8 Å². The molecular weight excluding hydrogens is 194 g/mol. The van der Waals surface area contributed by atoms with Crippen molar-refractivity contribution in [2.24, 2.45) is 11.8 Å². The van der Waals surface area contributed by atoms with Gasteiger partial charge in [-0.2, -0.15) is 0 Å². The van der Waals surface area contributed by atoms with E-state index in [9.17, 15) is 4.79 Å². The van der Waals surface area contributed by atoms with Gasteiger partial charge in [-0.25, -0.2) is 0 Å². The molecule has 0 saturated carbocycles. The fourth-order valence-electron chi connectivity index (χ4n) is 1.86. The maximum Gasteiger partial charge on any atom is 0.307 e. The lowest BCUT2D eigenvalue weighted by Crippen LogP contribution is -2.44. The smallest absolute Gasteiger partial charge is 0.307 e. The number of hydrogen-bond acceptors (Lipinski definition) is 3. The van der Waals surface area contributed by atoms with E-state index < -0.39 is 5.97 Å². The molecule has 1 saturated heterocycles. The third kappa shape index (κ3) is 3.47. The summed E-state index contributed by atoms with van der Waals surface area (Å²) in [5, 5.41) is 12.2. The number of rotatable bonds is 5. The minimum atomic E-state index is -0.745. The van der Waals surface area contributed by atoms with Gasteiger partial charge in [-0.1, -0.05) is 6.92 Å². The molecule has 4 heteroatoms. The highest BCUT2D eigenvalue weighted by Gasteiger charge is 2.26. The lowest BCUT2D eigenvalue weighted by Gasteiger charge is -2.26. The first kappa shape index (κ1) is 12.5. The molecule has 1 aliphatic rings. The summed E-state index contributed by atoms with van der Waals surface area (Å²) < 4.78 is 5.31. The Labute approximate surface area is 91.0 Å². The number of carboxylic acid groups (broad SMARTS) is 1. The maximum atomic E-state index is 10.8. The standard InChI is InChI=1S/C11H21NO3/c1-7(11(13)14)8(2)12-9(3)10-4-5-15-6-10/h7-10,12H,4-6H2,1-3H3,(H,13,14). The molecule has 0 aromatic carbocycles. The molecule has 1 rings (SSSR count). The van der Waals surface area contributed by atoms with Crippen LogP contribution in [0.4, 0.5) is 0 Å². The summed E-state index contributed by atoms with van der Waals surface area (Å²) in [7, 11) is 0. The Morgan fingerprint density at radius 1 is 1.47 bits per heavy atom. The fourth-order valence-corrected chi connectivity index (χ4v) is 1.86. The van der Waals surface area contributed by atoms with E-state index in [1.165, 1.54) is 0 Å². The van der Waals surface area contributed by atoms with Crippen LogP contribution in [-0.4, -0.2) is 36.4 Å². The molecule has 0 aromatic heterocycles. The summed E-state index contributed by atoms with van der Waals surface area (Å²) in [5.41, 5.74) is 0. The molecule has 0 aliphatic carbocycles. The van der Waals surface area contributed by atoms with Gasteiger partial charge in [0.1, 0.15) is 0 Å². The Morgan fingerprint density at radius 2 is 2.13 bits per heavy atom. The lowest BCUT2D eigenvalue weighted by atomic mass is 9.97. The van der Waals surface area contributed by atoms with Gasteiger partial charge < -0.3 is 15.2 Å². The third-order valence-electron chi connectivity index (χ3n) is 3.34. The van der Waals surface area contributed by atoms with Crippen molar-refractivity contribution in [1.29, 1.82) is 0 Å². The van der Waals surface area contributed by atoms with Gasteiger partial charge in [-0.3, -0.25) is 4.79 Å². The van der Waals surface area contributed by atoms with Gasteiger partial charge >= 0.3 is 5.97 Å². The van der Waals surface area contributed by atoms with E-state index in [1.807, 2.05) is 6.92 Å². The zero-order valence-electron chi connectivity index (χ0n) is 9.69. The first-order valence-electron chi connectivity index (χ1n) is 5.59. The Morgan fingerprint density at radius 3 is 2.60 bits per heavy atom. The van der Waals surface area contributed by atoms with Crippen molar-refractivity contribution in [1.82, 2.24) is 5.32 Å². The number of hydrogen-bond donors (Lipinski definition) is 2. The van der Waals surface area contributed by atoms with Crippen molar-refractivity contribution in [3.8, 4) is 0 Å². The maximum absolute atomic E-state index is 10.8. The van der Waals surface area contributed by atoms with Gasteiger partial charge in [-0.05, 0) is 26.2 Å². The molecule has 1 heterocycles. The minimum Gasteiger partial charge on any atom is -0.481 e. The molecule has 0 radical (unpaired) electrons. The molecule has 0 aromatic rings. The number of ether oxygens (including phenoxy) is 1. The van der Waals surface area contributed by atoms with Gasteiger partial charge in [0.15, 0.2) is 0 Å². The van der Waals surface area contributed by atoms with E-state index in [4.69, 9.17) is 9.84 Å². The van der Waals surface area contributed by atoms with Gasteiger partial charge in [0.2, 0.25) is 0 Å². The fraction of sp³-hybridized carbons (Fsp3) is 0.909. The van der Waals surface area contributed by atoms with E-state index in [-0.39, 0.29) is 12.0 Å². The Bertz CT molecular complexity index is 214. The van der Waals surface area contributed by atoms with E-state index >= 15 is 0 Å². The molecule has 1 aliphatic heterocycles. The first-order chi connectivity index (χ1) is 7.02. The third-order valence-corrected chi connectivity index (χ3v) is 3.34. The molecule has 0 amide bonds. The molecule has 0 bridgehead atoms. The summed E-state index contributed by atoms with van der Waals surface area (Å²) >= 11 is 0. The van der Waals surface area contributed by atoms with Crippen molar-refractivity contribution in [3.63, 3.8) is 0 Å². The normalized spacial score (nSPS) is 27.3. The molecule has 4 nitrogen and oxygen atoms in total. The molecule has 0 spiro atoms. The van der Waals surface area contributed by atoms with Gasteiger partial charge in [0.05, 0.1) is 12.5 Å². The summed E-state index contributed by atoms with van der Waals surface area (Å²) in [6, 6.07) is 0.322. The van der Waals surface area contributed by atoms with Crippen LogP contribution < -0.4 is 5.32 Å².